The van der Waals surface area contributed by atoms with Crippen molar-refractivity contribution in [3.63, 3.8) is 0 Å². The molecule has 0 radical (unpaired) electrons. The molecule has 0 unspecified atom stereocenters. The molecule has 0 aromatic carbocycles. The highest BCUT2D eigenvalue weighted by atomic mass is 16.6. The quantitative estimate of drug-likeness (QED) is 0.861. The molecule has 0 saturated carbocycles. The number of alkyl carbamates (subject to hydrolysis) is 1. The predicted octanol–water partition coefficient (Wildman–Crippen LogP) is 1.32. The number of fused-ring (bicyclic) bond motifs is 1. The van der Waals surface area contributed by atoms with Gasteiger partial charge in [0.1, 0.15) is 5.60 Å². The number of ether oxygens (including phenoxy) is 1. The average molecular weight is 335 g/mol. The Balaban J connectivity index is 1.80. The molecular formula is C16H25N5O3. The van der Waals surface area contributed by atoms with E-state index >= 15 is 0 Å². The number of nitrogens with one attached hydrogen (secondary N) is 2. The Hall–Kier alpha value is -2.38. The molecular weight excluding hydrogens is 310 g/mol. The second-order valence-corrected chi connectivity index (χ2v) is 6.66. The third-order valence-electron chi connectivity index (χ3n) is 3.52. The maximum absolute atomic E-state index is 12.3. The number of hydrogen-bond donors (Lipinski definition) is 2. The summed E-state index contributed by atoms with van der Waals surface area (Å²) < 4.78 is 5.14. The summed E-state index contributed by atoms with van der Waals surface area (Å²) in [6.07, 6.45) is 2.20. The van der Waals surface area contributed by atoms with Gasteiger partial charge in [-0.3, -0.25) is 4.79 Å². The number of hydrogen-bond acceptors (Lipinski definition) is 6. The van der Waals surface area contributed by atoms with E-state index in [-0.39, 0.29) is 18.9 Å². The summed E-state index contributed by atoms with van der Waals surface area (Å²) in [4.78, 5) is 34.2. The molecule has 1 aromatic rings. The number of rotatable bonds is 4. The Kier molecular flexibility index (Phi) is 5.58. The number of amides is 2. The van der Waals surface area contributed by atoms with Crippen LogP contribution < -0.4 is 10.6 Å². The van der Waals surface area contributed by atoms with Gasteiger partial charge in [-0.25, -0.2) is 14.8 Å². The lowest BCUT2D eigenvalue weighted by molar-refractivity contribution is -0.132. The molecule has 0 fully saturated rings. The number of anilines is 1. The third-order valence-corrected chi connectivity index (χ3v) is 3.52. The standard InChI is InChI=1S/C16H25N5O3/c1-16(2,3)24-15(23)18-7-5-13(22)21-8-6-12-11(10-21)9-19-14(17-4)20-12/h9H,5-8,10H2,1-4H3,(H,18,23)(H,17,19,20). The van der Waals surface area contributed by atoms with Gasteiger partial charge in [0.25, 0.3) is 0 Å². The molecule has 0 bridgehead atoms. The minimum Gasteiger partial charge on any atom is -0.444 e. The minimum absolute atomic E-state index is 0.00518. The molecule has 8 nitrogen and oxygen atoms in total. The number of aromatic nitrogens is 2. The van der Waals surface area contributed by atoms with Gasteiger partial charge in [-0.05, 0) is 20.8 Å². The molecule has 2 amide bonds. The van der Waals surface area contributed by atoms with E-state index in [9.17, 15) is 9.59 Å². The van der Waals surface area contributed by atoms with Gasteiger partial charge in [0, 0.05) is 51.3 Å². The smallest absolute Gasteiger partial charge is 0.407 e. The van der Waals surface area contributed by atoms with Crippen LogP contribution in [0.3, 0.4) is 0 Å². The fourth-order valence-electron chi connectivity index (χ4n) is 2.39. The molecule has 0 saturated heterocycles. The fraction of sp³-hybridized carbons (Fsp3) is 0.625. The third kappa shape index (κ3) is 5.07. The maximum Gasteiger partial charge on any atom is 0.407 e. The van der Waals surface area contributed by atoms with E-state index in [1.165, 1.54) is 0 Å². The SMILES string of the molecule is CNc1ncc2c(n1)CCN(C(=O)CCNC(=O)OC(C)(C)C)C2. The van der Waals surface area contributed by atoms with Crippen molar-refractivity contribution in [2.75, 3.05) is 25.5 Å². The molecule has 0 atom stereocenters. The Morgan fingerprint density at radius 1 is 1.38 bits per heavy atom. The number of carbonyl (C=O) groups excluding carboxylic acids is 2. The van der Waals surface area contributed by atoms with Crippen LogP contribution >= 0.6 is 0 Å². The molecule has 1 aliphatic rings. The molecule has 24 heavy (non-hydrogen) atoms. The largest absolute Gasteiger partial charge is 0.444 e. The van der Waals surface area contributed by atoms with Crippen molar-refractivity contribution < 1.29 is 14.3 Å². The van der Waals surface area contributed by atoms with Gasteiger partial charge in [0.15, 0.2) is 0 Å². The monoisotopic (exact) mass is 335 g/mol. The predicted molar refractivity (Wildman–Crippen MR) is 89.6 cm³/mol. The topological polar surface area (TPSA) is 96.5 Å². The van der Waals surface area contributed by atoms with Gasteiger partial charge in [-0.1, -0.05) is 0 Å². The summed E-state index contributed by atoms with van der Waals surface area (Å²) in [6.45, 7) is 6.77. The van der Waals surface area contributed by atoms with Gasteiger partial charge < -0.3 is 20.3 Å². The highest BCUT2D eigenvalue weighted by molar-refractivity contribution is 5.77. The van der Waals surface area contributed by atoms with Gasteiger partial charge >= 0.3 is 6.09 Å². The van der Waals surface area contributed by atoms with Crippen molar-refractivity contribution in [3.05, 3.63) is 17.5 Å². The molecule has 1 aromatic heterocycles. The van der Waals surface area contributed by atoms with Gasteiger partial charge in [0.2, 0.25) is 11.9 Å². The first-order valence-electron chi connectivity index (χ1n) is 8.05. The summed E-state index contributed by atoms with van der Waals surface area (Å²) in [5.74, 6) is 0.587. The van der Waals surface area contributed by atoms with Crippen LogP contribution in [0.2, 0.25) is 0 Å². The zero-order valence-corrected chi connectivity index (χ0v) is 14.7. The fourth-order valence-corrected chi connectivity index (χ4v) is 2.39. The molecule has 2 rings (SSSR count). The van der Waals surface area contributed by atoms with Gasteiger partial charge in [0.05, 0.1) is 5.69 Å². The van der Waals surface area contributed by atoms with Crippen LogP contribution in [-0.2, 0) is 22.5 Å². The summed E-state index contributed by atoms with van der Waals surface area (Å²) in [5.41, 5.74) is 1.40. The summed E-state index contributed by atoms with van der Waals surface area (Å²) >= 11 is 0. The van der Waals surface area contributed by atoms with Crippen LogP contribution in [0.1, 0.15) is 38.4 Å². The molecule has 1 aliphatic heterocycles. The zero-order valence-electron chi connectivity index (χ0n) is 14.7. The lowest BCUT2D eigenvalue weighted by Crippen LogP contribution is -2.39. The Morgan fingerprint density at radius 3 is 2.79 bits per heavy atom. The number of carbonyl (C=O) groups is 2. The zero-order chi connectivity index (χ0) is 17.7. The van der Waals surface area contributed by atoms with Crippen LogP contribution in [-0.4, -0.2) is 52.6 Å². The first-order chi connectivity index (χ1) is 11.3. The van der Waals surface area contributed by atoms with Crippen LogP contribution in [0.4, 0.5) is 10.7 Å². The van der Waals surface area contributed by atoms with Gasteiger partial charge in [-0.2, -0.15) is 0 Å². The van der Waals surface area contributed by atoms with E-state index in [1.807, 2.05) is 0 Å². The van der Waals surface area contributed by atoms with E-state index < -0.39 is 11.7 Å². The maximum atomic E-state index is 12.3. The Labute approximate surface area is 142 Å². The van der Waals surface area contributed by atoms with E-state index in [2.05, 4.69) is 20.6 Å². The normalized spacial score (nSPS) is 13.9. The van der Waals surface area contributed by atoms with Crippen LogP contribution in [0.25, 0.3) is 0 Å². The molecule has 0 aliphatic carbocycles. The van der Waals surface area contributed by atoms with E-state index in [0.29, 0.717) is 25.5 Å². The van der Waals surface area contributed by atoms with E-state index in [4.69, 9.17) is 4.74 Å². The summed E-state index contributed by atoms with van der Waals surface area (Å²) in [6, 6.07) is 0. The lowest BCUT2D eigenvalue weighted by Gasteiger charge is -2.28. The molecule has 8 heteroatoms. The van der Waals surface area contributed by atoms with Crippen molar-refractivity contribution in [3.8, 4) is 0 Å². The summed E-state index contributed by atoms with van der Waals surface area (Å²) in [5, 5.41) is 5.51. The van der Waals surface area contributed by atoms with E-state index in [1.54, 1.807) is 38.9 Å². The second kappa shape index (κ2) is 7.46. The molecule has 2 N–H and O–H groups in total. The molecule has 132 valence electrons. The minimum atomic E-state index is -0.545. The first kappa shape index (κ1) is 18.0. The lowest BCUT2D eigenvalue weighted by atomic mass is 10.1. The van der Waals surface area contributed by atoms with Crippen molar-refractivity contribution >= 4 is 17.9 Å². The Morgan fingerprint density at radius 2 is 2.12 bits per heavy atom. The molecule has 0 spiro atoms. The van der Waals surface area contributed by atoms with Crippen molar-refractivity contribution in [2.45, 2.75) is 45.8 Å². The van der Waals surface area contributed by atoms with E-state index in [0.717, 1.165) is 11.3 Å². The van der Waals surface area contributed by atoms with Crippen LogP contribution in [0, 0.1) is 0 Å². The van der Waals surface area contributed by atoms with Crippen molar-refractivity contribution in [1.29, 1.82) is 0 Å². The average Bonchev–Trinajstić information content (AvgIpc) is 2.52. The first-order valence-corrected chi connectivity index (χ1v) is 8.05. The molecule has 2 heterocycles. The van der Waals surface area contributed by atoms with Crippen LogP contribution in [0.15, 0.2) is 6.20 Å². The Bertz CT molecular complexity index is 612. The van der Waals surface area contributed by atoms with Crippen LogP contribution in [0.5, 0.6) is 0 Å². The number of nitrogens with zero attached hydrogens (tertiary/aromatic N) is 3. The van der Waals surface area contributed by atoms with Crippen molar-refractivity contribution in [2.24, 2.45) is 0 Å². The highest BCUT2D eigenvalue weighted by Crippen LogP contribution is 2.18. The second-order valence-electron chi connectivity index (χ2n) is 6.66. The van der Waals surface area contributed by atoms with Crippen molar-refractivity contribution in [1.82, 2.24) is 20.2 Å². The summed E-state index contributed by atoms with van der Waals surface area (Å²) in [7, 11) is 1.78. The van der Waals surface area contributed by atoms with Gasteiger partial charge in [-0.15, -0.1) is 0 Å². The highest BCUT2D eigenvalue weighted by Gasteiger charge is 2.22.